The molecule has 2 heterocycles. The summed E-state index contributed by atoms with van der Waals surface area (Å²) >= 11 is 12.6. The van der Waals surface area contributed by atoms with E-state index in [-0.39, 0.29) is 0 Å². The average molecular weight is 465 g/mol. The van der Waals surface area contributed by atoms with Gasteiger partial charge in [0.25, 0.3) is 0 Å². The number of nitrogens with one attached hydrogen (secondary N) is 2. The molecule has 9 heteroatoms. The maximum atomic E-state index is 12.8. The Bertz CT molecular complexity index is 1180. The molecule has 0 amide bonds. The number of rotatable bonds is 5. The van der Waals surface area contributed by atoms with Crippen LogP contribution in [0.3, 0.4) is 0 Å². The van der Waals surface area contributed by atoms with Crippen molar-refractivity contribution in [1.82, 2.24) is 14.6 Å². The molecule has 2 aliphatic rings. The molecule has 0 spiro atoms. The molecular formula is C21H22Cl2N4O2S. The Kier molecular flexibility index (Phi) is 4.99. The van der Waals surface area contributed by atoms with Gasteiger partial charge in [-0.2, -0.15) is 4.72 Å². The molecule has 6 nitrogen and oxygen atoms in total. The Morgan fingerprint density at radius 1 is 0.933 bits per heavy atom. The molecule has 1 saturated heterocycles. The number of anilines is 1. The van der Waals surface area contributed by atoms with Crippen LogP contribution in [0.2, 0.25) is 10.0 Å². The Labute approximate surface area is 185 Å². The summed E-state index contributed by atoms with van der Waals surface area (Å²) in [6, 6.07) is 12.4. The minimum absolute atomic E-state index is 0.307. The summed E-state index contributed by atoms with van der Waals surface area (Å²) in [6.45, 7) is 3.14. The number of halogens is 2. The van der Waals surface area contributed by atoms with E-state index in [0.717, 1.165) is 55.6 Å². The molecule has 1 saturated carbocycles. The van der Waals surface area contributed by atoms with Crippen molar-refractivity contribution in [2.24, 2.45) is 0 Å². The van der Waals surface area contributed by atoms with Crippen LogP contribution < -0.4 is 9.62 Å². The van der Waals surface area contributed by atoms with Crippen molar-refractivity contribution in [1.29, 1.82) is 0 Å². The lowest BCUT2D eigenvalue weighted by Crippen LogP contribution is -2.57. The van der Waals surface area contributed by atoms with Crippen LogP contribution in [0, 0.1) is 0 Å². The standard InChI is InChI=1S/C21H22Cl2N4O2S/c22-16-6-7-18(20-19(16)17(23)14-24-20)26-10-12-27(13-11-26)21(8-9-21)25-30(28,29)15-4-2-1-3-5-15/h1-7,14,24-25H,8-13H2. The number of piperazine rings is 1. The van der Waals surface area contributed by atoms with Crippen LogP contribution in [0.4, 0.5) is 5.69 Å². The van der Waals surface area contributed by atoms with Gasteiger partial charge in [-0.3, -0.25) is 4.90 Å². The topological polar surface area (TPSA) is 68.4 Å². The van der Waals surface area contributed by atoms with E-state index in [2.05, 4.69) is 19.5 Å². The highest BCUT2D eigenvalue weighted by Crippen LogP contribution is 2.42. The number of fused-ring (bicyclic) bond motifs is 1. The zero-order valence-corrected chi connectivity index (χ0v) is 18.6. The monoisotopic (exact) mass is 464 g/mol. The van der Waals surface area contributed by atoms with Gasteiger partial charge in [0.1, 0.15) is 0 Å². The second-order valence-corrected chi connectivity index (χ2v) is 10.4. The number of hydrogen-bond acceptors (Lipinski definition) is 4. The van der Waals surface area contributed by atoms with Gasteiger partial charge in [0.2, 0.25) is 10.0 Å². The third-order valence-electron chi connectivity index (χ3n) is 6.04. The molecule has 2 aromatic carbocycles. The van der Waals surface area contributed by atoms with Gasteiger partial charge < -0.3 is 9.88 Å². The number of aromatic nitrogens is 1. The largest absolute Gasteiger partial charge is 0.367 e. The number of benzene rings is 2. The van der Waals surface area contributed by atoms with E-state index in [1.165, 1.54) is 0 Å². The second-order valence-electron chi connectivity index (χ2n) is 7.88. The molecule has 5 rings (SSSR count). The van der Waals surface area contributed by atoms with E-state index in [9.17, 15) is 8.42 Å². The Balaban J connectivity index is 1.31. The van der Waals surface area contributed by atoms with Crippen LogP contribution in [0.5, 0.6) is 0 Å². The van der Waals surface area contributed by atoms with Gasteiger partial charge in [-0.1, -0.05) is 41.4 Å². The minimum atomic E-state index is -3.54. The number of H-pyrrole nitrogens is 1. The van der Waals surface area contributed by atoms with Crippen molar-refractivity contribution in [3.63, 3.8) is 0 Å². The number of aromatic amines is 1. The van der Waals surface area contributed by atoms with E-state index in [4.69, 9.17) is 23.2 Å². The molecule has 3 aromatic rings. The quantitative estimate of drug-likeness (QED) is 0.596. The van der Waals surface area contributed by atoms with Crippen molar-refractivity contribution in [3.05, 3.63) is 58.7 Å². The Morgan fingerprint density at radius 3 is 2.30 bits per heavy atom. The fourth-order valence-electron chi connectivity index (χ4n) is 4.30. The lowest BCUT2D eigenvalue weighted by molar-refractivity contribution is 0.156. The number of hydrogen-bond donors (Lipinski definition) is 2. The maximum absolute atomic E-state index is 12.8. The SMILES string of the molecule is O=S(=O)(NC1(N2CCN(c3ccc(Cl)c4c(Cl)c[nH]c34)CC2)CC1)c1ccccc1. The van der Waals surface area contributed by atoms with Gasteiger partial charge in [0, 0.05) is 37.8 Å². The molecule has 1 aliphatic heterocycles. The van der Waals surface area contributed by atoms with Crippen molar-refractivity contribution in [2.45, 2.75) is 23.4 Å². The smallest absolute Gasteiger partial charge is 0.242 e. The van der Waals surface area contributed by atoms with Gasteiger partial charge in [-0.15, -0.1) is 0 Å². The molecule has 1 aliphatic carbocycles. The first-order valence-electron chi connectivity index (χ1n) is 9.94. The molecule has 0 atom stereocenters. The van der Waals surface area contributed by atoms with Crippen LogP contribution in [0.1, 0.15) is 12.8 Å². The Morgan fingerprint density at radius 2 is 1.63 bits per heavy atom. The normalized spacial score (nSPS) is 19.3. The third-order valence-corrected chi connectivity index (χ3v) is 8.20. The molecule has 0 unspecified atom stereocenters. The van der Waals surface area contributed by atoms with E-state index < -0.39 is 15.7 Å². The zero-order chi connectivity index (χ0) is 20.9. The van der Waals surface area contributed by atoms with Gasteiger partial charge in [0.05, 0.1) is 31.8 Å². The highest BCUT2D eigenvalue weighted by Gasteiger charge is 2.51. The molecule has 1 aromatic heterocycles. The first-order valence-corrected chi connectivity index (χ1v) is 12.2. The highest BCUT2D eigenvalue weighted by molar-refractivity contribution is 7.89. The fourth-order valence-corrected chi connectivity index (χ4v) is 6.33. The predicted molar refractivity (Wildman–Crippen MR) is 121 cm³/mol. The first kappa shape index (κ1) is 20.2. The van der Waals surface area contributed by atoms with Gasteiger partial charge in [-0.05, 0) is 37.1 Å². The molecular weight excluding hydrogens is 443 g/mol. The highest BCUT2D eigenvalue weighted by atomic mass is 35.5. The summed E-state index contributed by atoms with van der Waals surface area (Å²) in [5.74, 6) is 0. The van der Waals surface area contributed by atoms with E-state index >= 15 is 0 Å². The van der Waals surface area contributed by atoms with Crippen LogP contribution in [0.25, 0.3) is 10.9 Å². The molecule has 2 N–H and O–H groups in total. The van der Waals surface area contributed by atoms with Crippen LogP contribution in [-0.4, -0.2) is 50.1 Å². The summed E-state index contributed by atoms with van der Waals surface area (Å²) in [6.07, 6.45) is 3.42. The lowest BCUT2D eigenvalue weighted by atomic mass is 10.2. The van der Waals surface area contributed by atoms with E-state index in [0.29, 0.717) is 14.9 Å². The number of sulfonamides is 1. The van der Waals surface area contributed by atoms with Crippen molar-refractivity contribution < 1.29 is 8.42 Å². The number of nitrogens with zero attached hydrogens (tertiary/aromatic N) is 2. The Hall–Kier alpha value is -1.77. The van der Waals surface area contributed by atoms with E-state index in [1.807, 2.05) is 18.2 Å². The summed E-state index contributed by atoms with van der Waals surface area (Å²) in [5.41, 5.74) is 1.54. The van der Waals surface area contributed by atoms with Gasteiger partial charge in [-0.25, -0.2) is 8.42 Å². The summed E-state index contributed by atoms with van der Waals surface area (Å²) in [5, 5.41) is 2.08. The molecule has 0 radical (unpaired) electrons. The third kappa shape index (κ3) is 3.48. The van der Waals surface area contributed by atoms with Crippen molar-refractivity contribution >= 4 is 49.8 Å². The maximum Gasteiger partial charge on any atom is 0.242 e. The van der Waals surface area contributed by atoms with Crippen molar-refractivity contribution in [3.8, 4) is 0 Å². The van der Waals surface area contributed by atoms with Crippen LogP contribution in [-0.2, 0) is 10.0 Å². The van der Waals surface area contributed by atoms with E-state index in [1.54, 1.807) is 30.5 Å². The second kappa shape index (κ2) is 7.43. The van der Waals surface area contributed by atoms with Crippen LogP contribution in [0.15, 0.2) is 53.6 Å². The minimum Gasteiger partial charge on any atom is -0.367 e. The van der Waals surface area contributed by atoms with Crippen molar-refractivity contribution in [2.75, 3.05) is 31.1 Å². The predicted octanol–water partition coefficient (Wildman–Crippen LogP) is 4.07. The molecule has 2 fully saturated rings. The lowest BCUT2D eigenvalue weighted by Gasteiger charge is -2.40. The average Bonchev–Trinajstić information content (AvgIpc) is 3.42. The van der Waals surface area contributed by atoms with Gasteiger partial charge >= 0.3 is 0 Å². The first-order chi connectivity index (χ1) is 14.4. The summed E-state index contributed by atoms with van der Waals surface area (Å²) < 4.78 is 28.6. The molecule has 30 heavy (non-hydrogen) atoms. The summed E-state index contributed by atoms with van der Waals surface area (Å²) in [4.78, 5) is 8.10. The fraction of sp³-hybridized carbons (Fsp3) is 0.333. The van der Waals surface area contributed by atoms with Gasteiger partial charge in [0.15, 0.2) is 0 Å². The molecule has 158 valence electrons. The molecule has 0 bridgehead atoms. The summed E-state index contributed by atoms with van der Waals surface area (Å²) in [7, 11) is -3.54. The zero-order valence-electron chi connectivity index (χ0n) is 16.2. The van der Waals surface area contributed by atoms with Crippen LogP contribution >= 0.6 is 23.2 Å².